The summed E-state index contributed by atoms with van der Waals surface area (Å²) in [5.41, 5.74) is -2.87. The van der Waals surface area contributed by atoms with Crippen molar-refractivity contribution < 1.29 is 38.7 Å². The molecule has 7 aliphatic rings. The van der Waals surface area contributed by atoms with Crippen molar-refractivity contribution in [3.05, 3.63) is 11.6 Å². The number of rotatable bonds is 5. The highest BCUT2D eigenvalue weighted by Gasteiger charge is 2.86. The quantitative estimate of drug-likeness (QED) is 0.407. The van der Waals surface area contributed by atoms with Crippen molar-refractivity contribution in [3.63, 3.8) is 0 Å². The second kappa shape index (κ2) is 8.12. The van der Waals surface area contributed by atoms with Crippen LogP contribution in [0.5, 0.6) is 0 Å². The molecule has 12 atom stereocenters. The van der Waals surface area contributed by atoms with E-state index in [1.165, 1.54) is 0 Å². The van der Waals surface area contributed by atoms with E-state index >= 15 is 0 Å². The Balaban J connectivity index is 1.31. The summed E-state index contributed by atoms with van der Waals surface area (Å²) in [6, 6.07) is 0. The van der Waals surface area contributed by atoms with E-state index in [1.807, 2.05) is 20.8 Å². The molecule has 0 aromatic carbocycles. The van der Waals surface area contributed by atoms with Crippen molar-refractivity contribution in [1.82, 2.24) is 0 Å². The van der Waals surface area contributed by atoms with Gasteiger partial charge in [0.15, 0.2) is 12.1 Å². The van der Waals surface area contributed by atoms with Gasteiger partial charge in [-0.2, -0.15) is 0 Å². The zero-order valence-electron chi connectivity index (χ0n) is 22.9. The molecule has 2 heterocycles. The second-order valence-corrected chi connectivity index (χ2v) is 13.8. The molecule has 1 spiro atoms. The van der Waals surface area contributed by atoms with Gasteiger partial charge in [-0.15, -0.1) is 0 Å². The van der Waals surface area contributed by atoms with Crippen LogP contribution in [0.15, 0.2) is 11.6 Å². The maximum Gasteiger partial charge on any atom is 0.317 e. The highest BCUT2D eigenvalue weighted by molar-refractivity contribution is 5.91. The average molecular weight is 531 g/mol. The molecule has 4 bridgehead atoms. The molecule has 5 aliphatic carbocycles. The van der Waals surface area contributed by atoms with Crippen molar-refractivity contribution in [3.8, 4) is 0 Å². The van der Waals surface area contributed by atoms with Gasteiger partial charge in [0.2, 0.25) is 0 Å². The van der Waals surface area contributed by atoms with Crippen LogP contribution in [-0.4, -0.2) is 64.6 Å². The van der Waals surface area contributed by atoms with E-state index in [2.05, 4.69) is 13.0 Å². The Morgan fingerprint density at radius 1 is 1.13 bits per heavy atom. The number of aliphatic hydroxyl groups is 1. The number of aldehydes is 1. The van der Waals surface area contributed by atoms with Gasteiger partial charge in [0.1, 0.15) is 30.0 Å². The third-order valence-corrected chi connectivity index (χ3v) is 12.0. The summed E-state index contributed by atoms with van der Waals surface area (Å²) in [7, 11) is 0. The van der Waals surface area contributed by atoms with Crippen LogP contribution < -0.4 is 0 Å². The number of carbonyl (C=O) groups is 2. The van der Waals surface area contributed by atoms with Gasteiger partial charge in [0, 0.05) is 18.8 Å². The first-order valence-electron chi connectivity index (χ1n) is 14.8. The van der Waals surface area contributed by atoms with E-state index in [9.17, 15) is 19.8 Å². The standard InChI is InChI=1S/C30H42O8/c1-15(2)21-11-18-12-27(14-31)20-8-7-16(3)19(20)13-29(18,30(21,27)26(33)34)38-25-22(32)24-23(17(4)35-25)36-28(37-24)9-5-6-10-28/h11,14-20,22-25,32H,5-10,12-13H2,1-4H3,(H,33,34)/t16?,17-,18?,19?,20?,22+,23-,24+,25+,27?,29?,30?/m1/s1. The van der Waals surface area contributed by atoms with Gasteiger partial charge in [-0.05, 0) is 62.7 Å². The highest BCUT2D eigenvalue weighted by Crippen LogP contribution is 2.80. The van der Waals surface area contributed by atoms with Crippen LogP contribution in [0.25, 0.3) is 0 Å². The van der Waals surface area contributed by atoms with Gasteiger partial charge in [-0.1, -0.05) is 38.8 Å². The van der Waals surface area contributed by atoms with Gasteiger partial charge in [0.05, 0.1) is 17.1 Å². The van der Waals surface area contributed by atoms with Crippen molar-refractivity contribution in [1.29, 1.82) is 0 Å². The molecule has 0 aromatic heterocycles. The lowest BCUT2D eigenvalue weighted by Crippen LogP contribution is -2.68. The van der Waals surface area contributed by atoms with E-state index in [1.54, 1.807) is 0 Å². The van der Waals surface area contributed by atoms with Crippen LogP contribution in [0, 0.1) is 40.4 Å². The molecular weight excluding hydrogens is 488 g/mol. The molecule has 8 nitrogen and oxygen atoms in total. The summed E-state index contributed by atoms with van der Waals surface area (Å²) >= 11 is 0. The summed E-state index contributed by atoms with van der Waals surface area (Å²) in [5, 5.41) is 22.8. The van der Waals surface area contributed by atoms with Gasteiger partial charge < -0.3 is 34.0 Å². The number of fused-ring (bicyclic) bond motifs is 3. The summed E-state index contributed by atoms with van der Waals surface area (Å²) in [5.74, 6) is -1.35. The van der Waals surface area contributed by atoms with E-state index in [0.29, 0.717) is 18.8 Å². The largest absolute Gasteiger partial charge is 0.480 e. The fourth-order valence-electron chi connectivity index (χ4n) is 10.6. The minimum Gasteiger partial charge on any atom is -0.480 e. The van der Waals surface area contributed by atoms with Crippen molar-refractivity contribution in [2.45, 2.75) is 121 Å². The third kappa shape index (κ3) is 2.79. The van der Waals surface area contributed by atoms with E-state index in [4.69, 9.17) is 18.9 Å². The molecule has 2 aliphatic heterocycles. The van der Waals surface area contributed by atoms with E-state index in [-0.39, 0.29) is 29.8 Å². The Hall–Kier alpha value is -1.32. The first-order valence-corrected chi connectivity index (χ1v) is 14.8. The number of ether oxygens (including phenoxy) is 4. The molecule has 0 aromatic rings. The summed E-state index contributed by atoms with van der Waals surface area (Å²) in [6.07, 6.45) is 6.00. The predicted octanol–water partition coefficient (Wildman–Crippen LogP) is 3.84. The number of hydrogen-bond donors (Lipinski definition) is 2. The topological polar surface area (TPSA) is 112 Å². The number of carboxylic acid groups (broad SMARTS) is 1. The lowest BCUT2D eigenvalue weighted by molar-refractivity contribution is -0.330. The van der Waals surface area contributed by atoms with Crippen LogP contribution in [-0.2, 0) is 28.5 Å². The van der Waals surface area contributed by atoms with Crippen molar-refractivity contribution >= 4 is 12.3 Å². The molecule has 38 heavy (non-hydrogen) atoms. The normalized spacial score (nSPS) is 53.8. The molecule has 0 radical (unpaired) electrons. The summed E-state index contributed by atoms with van der Waals surface area (Å²) < 4.78 is 26.1. The zero-order chi connectivity index (χ0) is 26.8. The Morgan fingerprint density at radius 3 is 2.50 bits per heavy atom. The van der Waals surface area contributed by atoms with Gasteiger partial charge in [-0.3, -0.25) is 4.79 Å². The molecule has 0 amide bonds. The molecule has 4 saturated carbocycles. The summed E-state index contributed by atoms with van der Waals surface area (Å²) in [4.78, 5) is 26.9. The van der Waals surface area contributed by atoms with Gasteiger partial charge >= 0.3 is 5.97 Å². The molecule has 2 N–H and O–H groups in total. The molecule has 8 heteroatoms. The van der Waals surface area contributed by atoms with Crippen molar-refractivity contribution in [2.24, 2.45) is 40.4 Å². The van der Waals surface area contributed by atoms with E-state index < -0.39 is 52.8 Å². The molecule has 6 fully saturated rings. The maximum atomic E-state index is 13.7. The first-order chi connectivity index (χ1) is 18.1. The van der Waals surface area contributed by atoms with Crippen LogP contribution in [0.4, 0.5) is 0 Å². The number of aliphatic hydroxyl groups excluding tert-OH is 1. The SMILES string of the molecule is CC(C)C1=CC2CC3(C=O)C4CCC(C)C4CC2(O[C@@H]2O[C@H](C)[C@H]4OC5(CCCC5)O[C@H]4[C@@H]2O)C13C(=O)O. The smallest absolute Gasteiger partial charge is 0.317 e. The molecule has 7 unspecified atom stereocenters. The van der Waals surface area contributed by atoms with Crippen molar-refractivity contribution in [2.75, 3.05) is 0 Å². The molecular formula is C30H42O8. The number of carbonyl (C=O) groups excluding carboxylic acids is 1. The Bertz CT molecular complexity index is 1060. The molecule has 7 rings (SSSR count). The average Bonchev–Trinajstić information content (AvgIpc) is 3.67. The highest BCUT2D eigenvalue weighted by atomic mass is 16.8. The van der Waals surface area contributed by atoms with Crippen LogP contribution in [0.1, 0.15) is 79.1 Å². The first kappa shape index (κ1) is 25.6. The maximum absolute atomic E-state index is 13.7. The summed E-state index contributed by atoms with van der Waals surface area (Å²) in [6.45, 7) is 8.15. The fraction of sp³-hybridized carbons (Fsp3) is 0.867. The van der Waals surface area contributed by atoms with Gasteiger partial charge in [0.25, 0.3) is 0 Å². The fourth-order valence-corrected chi connectivity index (χ4v) is 10.6. The zero-order valence-corrected chi connectivity index (χ0v) is 22.9. The Kier molecular flexibility index (Phi) is 5.48. The lowest BCUT2D eigenvalue weighted by atomic mass is 9.45. The predicted molar refractivity (Wildman–Crippen MR) is 135 cm³/mol. The molecule has 2 saturated heterocycles. The number of hydrogen-bond acceptors (Lipinski definition) is 7. The lowest BCUT2D eigenvalue weighted by Gasteiger charge is -2.58. The second-order valence-electron chi connectivity index (χ2n) is 13.8. The number of carboxylic acids is 1. The Morgan fingerprint density at radius 2 is 1.84 bits per heavy atom. The Labute approximate surface area is 224 Å². The van der Waals surface area contributed by atoms with Crippen LogP contribution in [0.3, 0.4) is 0 Å². The van der Waals surface area contributed by atoms with E-state index in [0.717, 1.165) is 50.4 Å². The monoisotopic (exact) mass is 530 g/mol. The van der Waals surface area contributed by atoms with Crippen LogP contribution >= 0.6 is 0 Å². The third-order valence-electron chi connectivity index (χ3n) is 12.0. The molecule has 210 valence electrons. The minimum atomic E-state index is -1.48. The van der Waals surface area contributed by atoms with Crippen LogP contribution in [0.2, 0.25) is 0 Å². The van der Waals surface area contributed by atoms with Gasteiger partial charge in [-0.25, -0.2) is 0 Å². The minimum absolute atomic E-state index is 0.0181. The number of aliphatic carboxylic acids is 1.